The highest BCUT2D eigenvalue weighted by Crippen LogP contribution is 2.40. The minimum absolute atomic E-state index is 0.00422. The number of carbonyl (C=O) groups is 1. The van der Waals surface area contributed by atoms with Crippen LogP contribution in [0.25, 0.3) is 56.2 Å². The molecule has 6 aromatic rings. The van der Waals surface area contributed by atoms with Crippen LogP contribution < -0.4 is 14.8 Å². The topological polar surface area (TPSA) is 132 Å². The lowest BCUT2D eigenvalue weighted by atomic mass is 9.91. The van der Waals surface area contributed by atoms with Gasteiger partial charge in [-0.15, -0.1) is 0 Å². The lowest BCUT2D eigenvalue weighted by Gasteiger charge is -2.22. The van der Waals surface area contributed by atoms with E-state index in [2.05, 4.69) is 5.32 Å². The van der Waals surface area contributed by atoms with E-state index in [4.69, 9.17) is 33.0 Å². The number of aromatic nitrogens is 2. The minimum atomic E-state index is -3.09. The number of oxazole rings is 2. The van der Waals surface area contributed by atoms with E-state index in [9.17, 15) is 27.5 Å². The van der Waals surface area contributed by atoms with Crippen molar-refractivity contribution >= 4 is 28.2 Å². The summed E-state index contributed by atoms with van der Waals surface area (Å²) in [5.41, 5.74) is 7.15. The van der Waals surface area contributed by atoms with Crippen LogP contribution in [0.2, 0.25) is 0 Å². The number of carboxylic acids is 1. The fraction of sp³-hybridized carbons (Fsp3) is 0.357. The van der Waals surface area contributed by atoms with Crippen LogP contribution in [0.15, 0.2) is 69.5 Å². The van der Waals surface area contributed by atoms with Gasteiger partial charge in [-0.1, -0.05) is 24.3 Å². The maximum Gasteiger partial charge on any atom is 0.387 e. The average Bonchev–Trinajstić information content (AvgIpc) is 3.99. The molecule has 2 N–H and O–H groups in total. The van der Waals surface area contributed by atoms with Crippen LogP contribution in [0.1, 0.15) is 47.9 Å². The number of nitrogens with one attached hydrogen (secondary N) is 1. The molecule has 0 radical (unpaired) electrons. The number of nitrogens with zero attached hydrogens (tertiary/aromatic N) is 3. The molecule has 298 valence electrons. The summed E-state index contributed by atoms with van der Waals surface area (Å²) in [6, 6.07) is 16.8. The molecule has 2 aromatic heterocycles. The van der Waals surface area contributed by atoms with Crippen molar-refractivity contribution in [2.75, 3.05) is 19.7 Å². The first-order valence-corrected chi connectivity index (χ1v) is 18.8. The van der Waals surface area contributed by atoms with Gasteiger partial charge < -0.3 is 33.5 Å². The highest BCUT2D eigenvalue weighted by atomic mass is 19.3. The van der Waals surface area contributed by atoms with Gasteiger partial charge in [0.1, 0.15) is 28.6 Å². The second-order valence-corrected chi connectivity index (χ2v) is 14.3. The van der Waals surface area contributed by atoms with Crippen LogP contribution in [0.5, 0.6) is 11.5 Å². The van der Waals surface area contributed by atoms with E-state index in [1.165, 1.54) is 12.1 Å². The molecule has 8 rings (SSSR count). The van der Waals surface area contributed by atoms with Gasteiger partial charge in [0, 0.05) is 60.6 Å². The predicted molar refractivity (Wildman–Crippen MR) is 202 cm³/mol. The van der Waals surface area contributed by atoms with Gasteiger partial charge in [0.25, 0.3) is 0 Å². The lowest BCUT2D eigenvalue weighted by Crippen LogP contribution is -2.35. The zero-order valence-corrected chi connectivity index (χ0v) is 31.2. The zero-order valence-electron chi connectivity index (χ0n) is 31.2. The first-order chi connectivity index (χ1) is 27.5. The number of rotatable bonds is 14. The molecule has 0 bridgehead atoms. The number of aliphatic carboxylic acids is 1. The van der Waals surface area contributed by atoms with E-state index in [1.807, 2.05) is 50.2 Å². The Hall–Kier alpha value is -5.51. The quantitative estimate of drug-likeness (QED) is 0.102. The first-order valence-electron chi connectivity index (χ1n) is 18.8. The standard InChI is InChI=1S/C42H40F4N4O7/c1-22-27(8-3-10-29(22)38-48-31-15-24(19-47-20-26-7-6-14-53-26)34(56-41(43)44)17-36(31)54-38)28-9-4-11-30(23(28)2)39-49-32-16-25(21-50-13-5-12-33(50)40(51)52)35(57-42(45)46)18-37(32)55-39/h3-4,8-11,15-18,26,33,41-42,47H,5-7,12-14,19-21H2,1-2H3,(H,51,52)/t26-,33-/m0/s1. The van der Waals surface area contributed by atoms with Crippen LogP contribution in [-0.4, -0.2) is 71.0 Å². The van der Waals surface area contributed by atoms with Crippen LogP contribution in [0.4, 0.5) is 17.6 Å². The molecule has 11 nitrogen and oxygen atoms in total. The molecular weight excluding hydrogens is 748 g/mol. The van der Waals surface area contributed by atoms with E-state index >= 15 is 0 Å². The maximum atomic E-state index is 13.5. The van der Waals surface area contributed by atoms with Crippen molar-refractivity contribution in [3.8, 4) is 45.5 Å². The zero-order chi connectivity index (χ0) is 39.8. The number of halogens is 4. The summed E-state index contributed by atoms with van der Waals surface area (Å²) in [5, 5.41) is 12.9. The summed E-state index contributed by atoms with van der Waals surface area (Å²) < 4.78 is 81.6. The molecule has 2 aliphatic heterocycles. The summed E-state index contributed by atoms with van der Waals surface area (Å²) >= 11 is 0. The third-order valence-electron chi connectivity index (χ3n) is 10.7. The molecule has 0 spiro atoms. The summed E-state index contributed by atoms with van der Waals surface area (Å²) in [6.45, 7) is -0.0441. The predicted octanol–water partition coefficient (Wildman–Crippen LogP) is 9.11. The second-order valence-electron chi connectivity index (χ2n) is 14.3. The Morgan fingerprint density at radius 3 is 1.93 bits per heavy atom. The second kappa shape index (κ2) is 16.2. The van der Waals surface area contributed by atoms with E-state index in [1.54, 1.807) is 17.0 Å². The summed E-state index contributed by atoms with van der Waals surface area (Å²) in [6.07, 6.45) is 3.17. The highest BCUT2D eigenvalue weighted by molar-refractivity contribution is 5.85. The molecule has 57 heavy (non-hydrogen) atoms. The van der Waals surface area contributed by atoms with Gasteiger partial charge in [-0.05, 0) is 92.6 Å². The van der Waals surface area contributed by atoms with Crippen molar-refractivity contribution in [2.24, 2.45) is 0 Å². The van der Waals surface area contributed by atoms with E-state index in [0.29, 0.717) is 77.3 Å². The number of ether oxygens (including phenoxy) is 3. The largest absolute Gasteiger partial charge is 0.480 e. The lowest BCUT2D eigenvalue weighted by molar-refractivity contribution is -0.142. The van der Waals surface area contributed by atoms with Gasteiger partial charge in [0.15, 0.2) is 11.2 Å². The molecule has 4 aromatic carbocycles. The molecule has 0 aliphatic carbocycles. The third kappa shape index (κ3) is 8.04. The summed E-state index contributed by atoms with van der Waals surface area (Å²) in [7, 11) is 0. The van der Waals surface area contributed by atoms with Gasteiger partial charge in [-0.3, -0.25) is 9.69 Å². The first kappa shape index (κ1) is 38.4. The Bertz CT molecular complexity index is 2430. The third-order valence-corrected chi connectivity index (χ3v) is 10.7. The van der Waals surface area contributed by atoms with Gasteiger partial charge in [0.05, 0.1) is 6.10 Å². The number of hydrogen-bond acceptors (Lipinski definition) is 10. The van der Waals surface area contributed by atoms with Gasteiger partial charge in [-0.25, -0.2) is 9.97 Å². The molecular formula is C42H40F4N4O7. The van der Waals surface area contributed by atoms with Crippen LogP contribution in [0, 0.1) is 13.8 Å². The Labute approximate surface area is 324 Å². The fourth-order valence-electron chi connectivity index (χ4n) is 7.91. The number of likely N-dealkylation sites (tertiary alicyclic amines) is 1. The summed E-state index contributed by atoms with van der Waals surface area (Å²) in [5.74, 6) is -0.480. The van der Waals surface area contributed by atoms with Gasteiger partial charge in [0.2, 0.25) is 11.8 Å². The van der Waals surface area contributed by atoms with Crippen molar-refractivity contribution < 1.29 is 50.5 Å². The molecule has 4 heterocycles. The maximum absolute atomic E-state index is 13.5. The normalized spacial score (nSPS) is 17.5. The van der Waals surface area contributed by atoms with Crippen molar-refractivity contribution in [3.05, 3.63) is 82.9 Å². The Morgan fingerprint density at radius 1 is 0.825 bits per heavy atom. The molecule has 2 aliphatic rings. The van der Waals surface area contributed by atoms with E-state index in [-0.39, 0.29) is 42.2 Å². The molecule has 0 saturated carbocycles. The Morgan fingerprint density at radius 2 is 1.39 bits per heavy atom. The number of fused-ring (bicyclic) bond motifs is 2. The molecule has 2 saturated heterocycles. The average molecular weight is 789 g/mol. The van der Waals surface area contributed by atoms with Gasteiger partial charge >= 0.3 is 19.2 Å². The van der Waals surface area contributed by atoms with Gasteiger partial charge in [-0.2, -0.15) is 17.6 Å². The van der Waals surface area contributed by atoms with Crippen molar-refractivity contribution in [1.82, 2.24) is 20.2 Å². The number of alkyl halides is 4. The monoisotopic (exact) mass is 788 g/mol. The van der Waals surface area contributed by atoms with Crippen LogP contribution >= 0.6 is 0 Å². The fourth-order valence-corrected chi connectivity index (χ4v) is 7.91. The number of carboxylic acid groups (broad SMARTS) is 1. The van der Waals surface area contributed by atoms with E-state index in [0.717, 1.165) is 35.1 Å². The molecule has 2 atom stereocenters. The number of benzene rings is 4. The molecule has 0 amide bonds. The minimum Gasteiger partial charge on any atom is -0.480 e. The molecule has 2 fully saturated rings. The van der Waals surface area contributed by atoms with Crippen LogP contribution in [-0.2, 0) is 22.6 Å². The SMILES string of the molecule is Cc1c(-c2nc3cc(CNC[C@@H]4CCCO4)c(OC(F)F)cc3o2)cccc1-c1cccc(-c2nc3cc(CN4CCC[C@H]4C(=O)O)c(OC(F)F)cc3o2)c1C. The smallest absolute Gasteiger partial charge is 0.387 e. The van der Waals surface area contributed by atoms with Crippen molar-refractivity contribution in [1.29, 1.82) is 0 Å². The van der Waals surface area contributed by atoms with Crippen LogP contribution in [0.3, 0.4) is 0 Å². The van der Waals surface area contributed by atoms with Crippen molar-refractivity contribution in [2.45, 2.75) is 78.0 Å². The van der Waals surface area contributed by atoms with E-state index < -0.39 is 25.2 Å². The summed E-state index contributed by atoms with van der Waals surface area (Å²) in [4.78, 5) is 23.0. The van der Waals surface area contributed by atoms with Crippen molar-refractivity contribution in [3.63, 3.8) is 0 Å². The molecule has 0 unspecified atom stereocenters. The molecule has 15 heteroatoms. The number of hydrogen-bond donors (Lipinski definition) is 2. The Kier molecular flexibility index (Phi) is 10.9. The highest BCUT2D eigenvalue weighted by Gasteiger charge is 2.32. The Balaban J connectivity index is 1.10.